The predicted octanol–water partition coefficient (Wildman–Crippen LogP) is -0.981. The number of aryl methyl sites for hydroxylation is 1. The van der Waals surface area contributed by atoms with Crippen LogP contribution in [0.4, 0.5) is 10.9 Å². The summed E-state index contributed by atoms with van der Waals surface area (Å²) < 4.78 is 3.80. The lowest BCUT2D eigenvalue weighted by Crippen LogP contribution is -2.71. The maximum absolute atomic E-state index is 13.3. The standard InChI is InChI=1S/C25H27N9O7S3/c1-25(2,22(39)40)41-31-15(12-8-28-23(26)44-12)18(35)30-16-19(36)34-17(21(37)38)11(9-42-20(16)34)10-43-24-29-13(27-3)7-14-32(4)5-6-33(14)24/h5-8,16,20H,9-10H2,1-4H3,(H5,26,28,30,31,35,37,38,39,40). The molecule has 44 heavy (non-hydrogen) atoms. The number of rotatable bonds is 11. The van der Waals surface area contributed by atoms with E-state index in [9.17, 15) is 29.4 Å². The number of aromatic nitrogens is 4. The normalized spacial score (nSPS) is 18.6. The molecule has 5 N–H and O–H groups in total. The molecular weight excluding hydrogens is 635 g/mol. The maximum atomic E-state index is 13.3. The van der Waals surface area contributed by atoms with Crippen molar-refractivity contribution in [2.24, 2.45) is 12.2 Å². The summed E-state index contributed by atoms with van der Waals surface area (Å²) in [6.45, 7) is 2.50. The lowest BCUT2D eigenvalue weighted by molar-refractivity contribution is -0.644. The number of carboxylic acid groups (broad SMARTS) is 2. The van der Waals surface area contributed by atoms with Crippen molar-refractivity contribution in [1.82, 2.24) is 24.6 Å². The molecule has 0 radical (unpaired) electrons. The Bertz CT molecular complexity index is 1750. The van der Waals surface area contributed by atoms with Gasteiger partial charge in [-0.25, -0.2) is 14.3 Å². The van der Waals surface area contributed by atoms with Crippen LogP contribution in [0.5, 0.6) is 0 Å². The van der Waals surface area contributed by atoms with Gasteiger partial charge in [0.2, 0.25) is 5.60 Å². The molecule has 0 aliphatic carbocycles. The van der Waals surface area contributed by atoms with Crippen molar-refractivity contribution in [2.45, 2.75) is 36.0 Å². The van der Waals surface area contributed by atoms with E-state index in [-0.39, 0.29) is 32.9 Å². The quantitative estimate of drug-likeness (QED) is 0.0485. The Kier molecular flexibility index (Phi) is 8.45. The number of nitrogens with two attached hydrogens (primary N) is 1. The van der Waals surface area contributed by atoms with Crippen molar-refractivity contribution in [3.8, 4) is 0 Å². The van der Waals surface area contributed by atoms with Gasteiger partial charge in [-0.3, -0.25) is 14.5 Å². The Labute approximate surface area is 262 Å². The Morgan fingerprint density at radius 1 is 1.39 bits per heavy atom. The van der Waals surface area contributed by atoms with Crippen molar-refractivity contribution in [3.05, 3.63) is 40.8 Å². The number of oxime groups is 1. The second-order valence-corrected chi connectivity index (χ2v) is 13.2. The van der Waals surface area contributed by atoms with Gasteiger partial charge in [0.1, 0.15) is 29.6 Å². The SMILES string of the molecule is CNc1cc2n(cc[n+]2C)c(SCC2=C(C(=O)[O-])N3C(=O)C(NC(=O)/C(=N\OC(C)(C)C(=O)O)c4cnc(N)s4)C3SC2)n1. The first kappa shape index (κ1) is 31.1. The lowest BCUT2D eigenvalue weighted by atomic mass is 10.0. The van der Waals surface area contributed by atoms with E-state index in [0.717, 1.165) is 21.9 Å². The van der Waals surface area contributed by atoms with Crippen LogP contribution in [0, 0.1) is 0 Å². The molecule has 2 atom stereocenters. The summed E-state index contributed by atoms with van der Waals surface area (Å²) in [5.41, 5.74) is 4.70. The number of anilines is 2. The molecule has 16 nitrogen and oxygen atoms in total. The van der Waals surface area contributed by atoms with Crippen molar-refractivity contribution in [3.63, 3.8) is 0 Å². The summed E-state index contributed by atoms with van der Waals surface area (Å²) >= 11 is 3.51. The number of thioether (sulfide) groups is 2. The fourth-order valence-corrected chi connectivity index (χ4v) is 7.44. The van der Waals surface area contributed by atoms with E-state index in [4.69, 9.17) is 10.6 Å². The van der Waals surface area contributed by atoms with Crippen LogP contribution < -0.4 is 26.0 Å². The monoisotopic (exact) mass is 661 g/mol. The van der Waals surface area contributed by atoms with Crippen LogP contribution in [-0.4, -0.2) is 89.4 Å². The number of carbonyl (C=O) groups is 4. The van der Waals surface area contributed by atoms with Gasteiger partial charge < -0.3 is 36.2 Å². The highest BCUT2D eigenvalue weighted by Gasteiger charge is 2.53. The smallest absolute Gasteiger partial charge is 0.350 e. The first-order valence-corrected chi connectivity index (χ1v) is 15.8. The molecule has 232 valence electrons. The molecule has 5 rings (SSSR count). The Balaban J connectivity index is 1.35. The third-order valence-corrected chi connectivity index (χ3v) is 9.96. The fraction of sp³-hybridized carbons (Fsp3) is 0.360. The van der Waals surface area contributed by atoms with E-state index in [1.165, 1.54) is 43.6 Å². The molecule has 2 aliphatic rings. The van der Waals surface area contributed by atoms with E-state index in [2.05, 4.69) is 25.8 Å². The number of fused-ring (bicyclic) bond motifs is 2. The summed E-state index contributed by atoms with van der Waals surface area (Å²) in [5.74, 6) is -3.21. The van der Waals surface area contributed by atoms with Crippen molar-refractivity contribution < 1.29 is 38.8 Å². The average molecular weight is 662 g/mol. The van der Waals surface area contributed by atoms with Gasteiger partial charge in [0.15, 0.2) is 10.8 Å². The average Bonchev–Trinajstić information content (AvgIpc) is 3.58. The van der Waals surface area contributed by atoms with Gasteiger partial charge in [-0.1, -0.05) is 28.3 Å². The lowest BCUT2D eigenvalue weighted by Gasteiger charge is -2.50. The molecule has 19 heteroatoms. The highest BCUT2D eigenvalue weighted by molar-refractivity contribution is 8.01. The molecule has 1 fully saturated rings. The molecule has 0 saturated carbocycles. The third-order valence-electron chi connectivity index (χ3n) is 6.75. The van der Waals surface area contributed by atoms with Crippen LogP contribution in [0.25, 0.3) is 5.65 Å². The summed E-state index contributed by atoms with van der Waals surface area (Å²) in [4.78, 5) is 65.2. The molecule has 3 aromatic heterocycles. The number of hydrogen-bond donors (Lipinski definition) is 4. The number of carboxylic acids is 2. The number of thiazole rings is 1. The van der Waals surface area contributed by atoms with Crippen LogP contribution in [0.15, 0.2) is 46.2 Å². The number of imidazole rings is 1. The van der Waals surface area contributed by atoms with Gasteiger partial charge >= 0.3 is 5.97 Å². The predicted molar refractivity (Wildman–Crippen MR) is 160 cm³/mol. The van der Waals surface area contributed by atoms with E-state index >= 15 is 0 Å². The van der Waals surface area contributed by atoms with Crippen molar-refractivity contribution >= 4 is 80.9 Å². The van der Waals surface area contributed by atoms with E-state index in [0.29, 0.717) is 16.5 Å². The second kappa shape index (κ2) is 12.0. The molecule has 0 aromatic carbocycles. The van der Waals surface area contributed by atoms with Crippen molar-refractivity contribution in [1.29, 1.82) is 0 Å². The van der Waals surface area contributed by atoms with E-state index < -0.39 is 40.8 Å². The number of nitrogen functional groups attached to an aromatic ring is 1. The van der Waals surface area contributed by atoms with Gasteiger partial charge in [0.05, 0.1) is 29.7 Å². The van der Waals surface area contributed by atoms with Crippen LogP contribution in [0.2, 0.25) is 0 Å². The minimum atomic E-state index is -1.76. The van der Waals surface area contributed by atoms with Crippen LogP contribution in [-0.2, 0) is 31.1 Å². The molecule has 5 heterocycles. The number of nitrogens with one attached hydrogen (secondary N) is 2. The molecule has 2 amide bonds. The summed E-state index contributed by atoms with van der Waals surface area (Å²) in [7, 11) is 3.65. The van der Waals surface area contributed by atoms with Crippen molar-refractivity contribution in [2.75, 3.05) is 29.6 Å². The molecule has 0 bridgehead atoms. The zero-order chi connectivity index (χ0) is 31.9. The highest BCUT2D eigenvalue weighted by Crippen LogP contribution is 2.41. The topological polar surface area (TPSA) is 221 Å². The minimum Gasteiger partial charge on any atom is -0.543 e. The number of aliphatic carboxylic acids is 2. The summed E-state index contributed by atoms with van der Waals surface area (Å²) in [5, 5.41) is 31.0. The molecular formula is C25H27N9O7S3. The van der Waals surface area contributed by atoms with Gasteiger partial charge in [0, 0.05) is 24.8 Å². The zero-order valence-electron chi connectivity index (χ0n) is 23.8. The minimum absolute atomic E-state index is 0.125. The van der Waals surface area contributed by atoms with Gasteiger partial charge in [-0.05, 0) is 19.4 Å². The third kappa shape index (κ3) is 5.76. The number of carbonyl (C=O) groups excluding carboxylic acids is 3. The van der Waals surface area contributed by atoms with Gasteiger partial charge in [-0.2, -0.15) is 9.38 Å². The highest BCUT2D eigenvalue weighted by atomic mass is 32.2. The van der Waals surface area contributed by atoms with Gasteiger partial charge in [-0.15, -0.1) is 11.8 Å². The summed E-state index contributed by atoms with van der Waals surface area (Å²) in [6.07, 6.45) is 4.99. The summed E-state index contributed by atoms with van der Waals surface area (Å²) in [6, 6.07) is 0.788. The number of amides is 2. The number of nitrogens with zero attached hydrogens (tertiary/aromatic N) is 6. The van der Waals surface area contributed by atoms with E-state index in [1.807, 2.05) is 34.5 Å². The largest absolute Gasteiger partial charge is 0.543 e. The van der Waals surface area contributed by atoms with Crippen LogP contribution in [0.3, 0.4) is 0 Å². The fourth-order valence-electron chi connectivity index (χ4n) is 4.30. The van der Waals surface area contributed by atoms with E-state index in [1.54, 1.807) is 7.05 Å². The Hall–Kier alpha value is -4.36. The first-order valence-electron chi connectivity index (χ1n) is 12.9. The number of hydrogen-bond acceptors (Lipinski definition) is 14. The zero-order valence-corrected chi connectivity index (χ0v) is 26.2. The Morgan fingerprint density at radius 2 is 2.14 bits per heavy atom. The molecule has 0 spiro atoms. The first-order chi connectivity index (χ1) is 20.8. The molecule has 2 aliphatic heterocycles. The van der Waals surface area contributed by atoms with Crippen LogP contribution >= 0.6 is 34.9 Å². The molecule has 2 unspecified atom stereocenters. The maximum Gasteiger partial charge on any atom is 0.350 e. The second-order valence-electron chi connectivity index (χ2n) is 10.1. The molecule has 1 saturated heterocycles. The molecule has 3 aromatic rings. The Morgan fingerprint density at radius 3 is 2.77 bits per heavy atom. The van der Waals surface area contributed by atoms with Crippen LogP contribution in [0.1, 0.15) is 18.7 Å². The number of β-lactam (4-membered cyclic amide) rings is 1. The van der Waals surface area contributed by atoms with Gasteiger partial charge in [0.25, 0.3) is 22.6 Å².